The van der Waals surface area contributed by atoms with Crippen LogP contribution >= 0.6 is 24.0 Å². The van der Waals surface area contributed by atoms with Crippen molar-refractivity contribution in [2.45, 2.75) is 39.8 Å². The van der Waals surface area contributed by atoms with Gasteiger partial charge in [-0.1, -0.05) is 32.0 Å². The van der Waals surface area contributed by atoms with Crippen molar-refractivity contribution in [2.24, 2.45) is 12.0 Å². The molecular formula is C22H36IN5O2. The molecule has 30 heavy (non-hydrogen) atoms. The van der Waals surface area contributed by atoms with Crippen molar-refractivity contribution in [2.75, 3.05) is 33.9 Å². The topological polar surface area (TPSA) is 63.9 Å². The first kappa shape index (κ1) is 26.2. The highest BCUT2D eigenvalue weighted by atomic mass is 127. The van der Waals surface area contributed by atoms with Crippen molar-refractivity contribution in [3.8, 4) is 5.75 Å². The minimum atomic E-state index is 0. The minimum absolute atomic E-state index is 0. The maximum Gasteiger partial charge on any atom is 0.194 e. The third-order valence-corrected chi connectivity index (χ3v) is 4.54. The second-order valence-corrected chi connectivity index (χ2v) is 7.32. The van der Waals surface area contributed by atoms with Crippen LogP contribution in [0, 0.1) is 0 Å². The van der Waals surface area contributed by atoms with Gasteiger partial charge in [-0.25, -0.2) is 0 Å². The van der Waals surface area contributed by atoms with Crippen LogP contribution in [0.15, 0.2) is 35.5 Å². The maximum atomic E-state index is 5.80. The Bertz CT molecular complexity index is 792. The summed E-state index contributed by atoms with van der Waals surface area (Å²) < 4.78 is 13.0. The lowest BCUT2D eigenvalue weighted by molar-refractivity contribution is 0.126. The van der Waals surface area contributed by atoms with Gasteiger partial charge in [0.1, 0.15) is 5.75 Å². The molecule has 0 unspecified atom stereocenters. The average Bonchev–Trinajstić information content (AvgIpc) is 3.07. The van der Waals surface area contributed by atoms with Gasteiger partial charge in [0.15, 0.2) is 5.96 Å². The minimum Gasteiger partial charge on any atom is -0.496 e. The van der Waals surface area contributed by atoms with E-state index in [0.29, 0.717) is 25.7 Å². The zero-order chi connectivity index (χ0) is 21.2. The number of methoxy groups -OCH3 is 1. The fourth-order valence-electron chi connectivity index (χ4n) is 3.18. The van der Waals surface area contributed by atoms with Gasteiger partial charge in [0, 0.05) is 44.5 Å². The molecule has 0 fully saturated rings. The van der Waals surface area contributed by atoms with Gasteiger partial charge in [-0.2, -0.15) is 5.10 Å². The Morgan fingerprint density at radius 1 is 1.27 bits per heavy atom. The third kappa shape index (κ3) is 7.79. The van der Waals surface area contributed by atoms with Crippen molar-refractivity contribution >= 4 is 29.9 Å². The molecule has 0 aliphatic carbocycles. The molecule has 0 aliphatic heterocycles. The van der Waals surface area contributed by atoms with Gasteiger partial charge in [0.25, 0.3) is 0 Å². The zero-order valence-corrected chi connectivity index (χ0v) is 21.3. The van der Waals surface area contributed by atoms with E-state index in [-0.39, 0.29) is 24.0 Å². The molecule has 0 saturated heterocycles. The Morgan fingerprint density at radius 2 is 2.00 bits per heavy atom. The summed E-state index contributed by atoms with van der Waals surface area (Å²) in [5.74, 6) is 2.11. The summed E-state index contributed by atoms with van der Waals surface area (Å²) >= 11 is 0. The quantitative estimate of drug-likeness (QED) is 0.220. The number of nitrogens with one attached hydrogen (secondary N) is 1. The van der Waals surface area contributed by atoms with E-state index in [2.05, 4.69) is 42.3 Å². The highest BCUT2D eigenvalue weighted by Crippen LogP contribution is 2.19. The Morgan fingerprint density at radius 3 is 2.67 bits per heavy atom. The number of halogens is 1. The summed E-state index contributed by atoms with van der Waals surface area (Å²) in [6, 6.07) is 7.90. The predicted octanol–water partition coefficient (Wildman–Crippen LogP) is 3.78. The molecule has 0 aliphatic rings. The second kappa shape index (κ2) is 13.5. The number of aryl methyl sites for hydroxylation is 1. The highest BCUT2D eigenvalue weighted by Gasteiger charge is 2.15. The molecule has 2 aromatic rings. The van der Waals surface area contributed by atoms with Crippen molar-refractivity contribution in [1.29, 1.82) is 0 Å². The number of aliphatic imine (C=N–C) groups is 1. The standard InChI is InChI=1S/C22H35N5O2.HI/c1-7-23-22(26(4)14-19-15-27(5)25-21(19)17(2)3)24-12-13-29-16-18-10-8-9-11-20(18)28-6;/h8-11,15,17H,7,12-14,16H2,1-6H3,(H,23,24);1H. The first-order valence-electron chi connectivity index (χ1n) is 10.2. The van der Waals surface area contributed by atoms with Crippen molar-refractivity contribution < 1.29 is 9.47 Å². The van der Waals surface area contributed by atoms with Gasteiger partial charge >= 0.3 is 0 Å². The molecule has 0 bridgehead atoms. The Hall–Kier alpha value is -1.81. The molecule has 8 heteroatoms. The molecule has 7 nitrogen and oxygen atoms in total. The van der Waals surface area contributed by atoms with Crippen LogP contribution in [0.3, 0.4) is 0 Å². The van der Waals surface area contributed by atoms with Gasteiger partial charge in [-0.15, -0.1) is 24.0 Å². The van der Waals surface area contributed by atoms with Crippen LogP contribution in [0.4, 0.5) is 0 Å². The van der Waals surface area contributed by atoms with Crippen LogP contribution in [0.2, 0.25) is 0 Å². The molecule has 0 spiro atoms. The van der Waals surface area contributed by atoms with Gasteiger partial charge in [0.05, 0.1) is 32.6 Å². The number of ether oxygens (including phenoxy) is 2. The Kier molecular flexibility index (Phi) is 11.8. The van der Waals surface area contributed by atoms with Crippen LogP contribution in [0.25, 0.3) is 0 Å². The molecule has 1 heterocycles. The van der Waals surface area contributed by atoms with Crippen LogP contribution in [-0.2, 0) is 24.9 Å². The highest BCUT2D eigenvalue weighted by molar-refractivity contribution is 14.0. The average molecular weight is 529 g/mol. The number of para-hydroxylation sites is 1. The van der Waals surface area contributed by atoms with E-state index in [1.807, 2.05) is 43.0 Å². The molecule has 2 rings (SSSR count). The van der Waals surface area contributed by atoms with E-state index in [1.54, 1.807) is 7.11 Å². The monoisotopic (exact) mass is 529 g/mol. The van der Waals surface area contributed by atoms with Crippen molar-refractivity contribution in [3.63, 3.8) is 0 Å². The van der Waals surface area contributed by atoms with Crippen LogP contribution in [0.5, 0.6) is 5.75 Å². The summed E-state index contributed by atoms with van der Waals surface area (Å²) in [7, 11) is 5.69. The van der Waals surface area contributed by atoms with E-state index in [0.717, 1.165) is 36.1 Å². The first-order chi connectivity index (χ1) is 14.0. The lowest BCUT2D eigenvalue weighted by Crippen LogP contribution is -2.38. The van der Waals surface area contributed by atoms with Crippen LogP contribution < -0.4 is 10.1 Å². The third-order valence-electron chi connectivity index (χ3n) is 4.54. The lowest BCUT2D eigenvalue weighted by atomic mass is 10.1. The molecule has 168 valence electrons. The van der Waals surface area contributed by atoms with Crippen molar-refractivity contribution in [3.05, 3.63) is 47.3 Å². The van der Waals surface area contributed by atoms with E-state index < -0.39 is 0 Å². The number of aromatic nitrogens is 2. The van der Waals surface area contributed by atoms with E-state index >= 15 is 0 Å². The van der Waals surface area contributed by atoms with E-state index in [4.69, 9.17) is 14.5 Å². The Labute approximate surface area is 197 Å². The SMILES string of the molecule is CCNC(=NCCOCc1ccccc1OC)N(C)Cc1cn(C)nc1C(C)C.I. The molecule has 1 N–H and O–H groups in total. The number of benzene rings is 1. The van der Waals surface area contributed by atoms with E-state index in [1.165, 1.54) is 5.56 Å². The largest absolute Gasteiger partial charge is 0.496 e. The normalized spacial score (nSPS) is 11.4. The van der Waals surface area contributed by atoms with Gasteiger partial charge in [-0.3, -0.25) is 9.67 Å². The molecular weight excluding hydrogens is 493 g/mol. The summed E-state index contributed by atoms with van der Waals surface area (Å²) in [6.07, 6.45) is 2.09. The van der Waals surface area contributed by atoms with Crippen LogP contribution in [-0.4, -0.2) is 54.5 Å². The first-order valence-corrected chi connectivity index (χ1v) is 10.2. The summed E-state index contributed by atoms with van der Waals surface area (Å²) in [5.41, 5.74) is 3.40. The number of nitrogens with zero attached hydrogens (tertiary/aromatic N) is 4. The molecule has 0 amide bonds. The fourth-order valence-corrected chi connectivity index (χ4v) is 3.18. The van der Waals surface area contributed by atoms with E-state index in [9.17, 15) is 0 Å². The van der Waals surface area contributed by atoms with Gasteiger partial charge in [0.2, 0.25) is 0 Å². The predicted molar refractivity (Wildman–Crippen MR) is 133 cm³/mol. The number of hydrogen-bond acceptors (Lipinski definition) is 4. The molecule has 0 saturated carbocycles. The van der Waals surface area contributed by atoms with Gasteiger partial charge in [-0.05, 0) is 18.9 Å². The summed E-state index contributed by atoms with van der Waals surface area (Å²) in [6.45, 7) is 9.64. The molecule has 1 aromatic heterocycles. The van der Waals surface area contributed by atoms with Gasteiger partial charge < -0.3 is 19.7 Å². The smallest absolute Gasteiger partial charge is 0.194 e. The Balaban J connectivity index is 0.00000450. The zero-order valence-electron chi connectivity index (χ0n) is 19.0. The fraction of sp³-hybridized carbons (Fsp3) is 0.545. The maximum absolute atomic E-state index is 5.80. The van der Waals surface area contributed by atoms with Crippen molar-refractivity contribution in [1.82, 2.24) is 20.0 Å². The second-order valence-electron chi connectivity index (χ2n) is 7.32. The number of rotatable bonds is 10. The van der Waals surface area contributed by atoms with Crippen LogP contribution in [0.1, 0.15) is 43.5 Å². The summed E-state index contributed by atoms with van der Waals surface area (Å²) in [5, 5.41) is 7.96. The molecule has 1 aromatic carbocycles. The molecule has 0 radical (unpaired) electrons. The number of guanidine groups is 1. The number of hydrogen-bond donors (Lipinski definition) is 1. The molecule has 0 atom stereocenters. The lowest BCUT2D eigenvalue weighted by Gasteiger charge is -2.22. The summed E-state index contributed by atoms with van der Waals surface area (Å²) in [4.78, 5) is 6.84.